The van der Waals surface area contributed by atoms with Gasteiger partial charge in [-0.1, -0.05) is 0 Å². The highest BCUT2D eigenvalue weighted by molar-refractivity contribution is 14.1. The van der Waals surface area contributed by atoms with Crippen LogP contribution in [0.15, 0.2) is 48.5 Å². The second-order valence-corrected chi connectivity index (χ2v) is 5.55. The molecular weight excluding hydrogens is 367 g/mol. The van der Waals surface area contributed by atoms with Crippen LogP contribution in [0.1, 0.15) is 17.3 Å². The fourth-order valence-electron chi connectivity index (χ4n) is 1.76. The predicted octanol–water partition coefficient (Wildman–Crippen LogP) is 3.95. The van der Waals surface area contributed by atoms with Crippen molar-refractivity contribution in [2.45, 2.75) is 13.0 Å². The number of carbonyl (C=O) groups excluding carboxylic acids is 1. The molecule has 0 bridgehead atoms. The molecule has 0 fully saturated rings. The zero-order chi connectivity index (χ0) is 14.5. The standard InChI is InChI=1S/C16H15IO3/c1-11(20-15-9-5-13(17)6-10-15)16(18)12-3-7-14(19-2)8-4-12/h3-11H,1-2H3. The molecule has 2 rings (SSSR count). The SMILES string of the molecule is COc1ccc(C(=O)C(C)Oc2ccc(I)cc2)cc1. The Labute approximate surface area is 132 Å². The molecule has 0 spiro atoms. The van der Waals surface area contributed by atoms with Crippen LogP contribution in [0.25, 0.3) is 0 Å². The van der Waals surface area contributed by atoms with E-state index in [0.717, 1.165) is 9.32 Å². The molecule has 0 saturated carbocycles. The van der Waals surface area contributed by atoms with Crippen molar-refractivity contribution in [2.75, 3.05) is 7.11 Å². The van der Waals surface area contributed by atoms with E-state index in [1.165, 1.54) is 0 Å². The second kappa shape index (κ2) is 6.74. The van der Waals surface area contributed by atoms with Crippen molar-refractivity contribution in [3.8, 4) is 11.5 Å². The van der Waals surface area contributed by atoms with Crippen LogP contribution in [-0.2, 0) is 0 Å². The second-order valence-electron chi connectivity index (χ2n) is 4.31. The van der Waals surface area contributed by atoms with Gasteiger partial charge in [-0.15, -0.1) is 0 Å². The first-order chi connectivity index (χ1) is 9.60. The van der Waals surface area contributed by atoms with E-state index in [9.17, 15) is 4.79 Å². The Morgan fingerprint density at radius 1 is 1.00 bits per heavy atom. The monoisotopic (exact) mass is 382 g/mol. The first-order valence-electron chi connectivity index (χ1n) is 6.20. The summed E-state index contributed by atoms with van der Waals surface area (Å²) in [6.07, 6.45) is -0.525. The van der Waals surface area contributed by atoms with Gasteiger partial charge in [0.2, 0.25) is 5.78 Å². The third-order valence-corrected chi connectivity index (χ3v) is 3.59. The lowest BCUT2D eigenvalue weighted by atomic mass is 10.1. The number of rotatable bonds is 5. The first-order valence-corrected chi connectivity index (χ1v) is 7.28. The molecule has 0 heterocycles. The van der Waals surface area contributed by atoms with Gasteiger partial charge in [-0.3, -0.25) is 4.79 Å². The lowest BCUT2D eigenvalue weighted by Crippen LogP contribution is -2.23. The molecule has 0 aliphatic heterocycles. The van der Waals surface area contributed by atoms with E-state index in [1.807, 2.05) is 24.3 Å². The summed E-state index contributed by atoms with van der Waals surface area (Å²) in [7, 11) is 1.60. The highest BCUT2D eigenvalue weighted by Crippen LogP contribution is 2.18. The molecule has 104 valence electrons. The van der Waals surface area contributed by atoms with Crippen LogP contribution in [0.3, 0.4) is 0 Å². The number of ether oxygens (including phenoxy) is 2. The molecule has 0 aromatic heterocycles. The molecule has 0 saturated heterocycles. The van der Waals surface area contributed by atoms with Gasteiger partial charge in [0.1, 0.15) is 11.5 Å². The van der Waals surface area contributed by atoms with Gasteiger partial charge in [0.05, 0.1) is 7.11 Å². The van der Waals surface area contributed by atoms with Gasteiger partial charge < -0.3 is 9.47 Å². The Balaban J connectivity index is 2.05. The molecule has 0 amide bonds. The fraction of sp³-hybridized carbons (Fsp3) is 0.188. The maximum atomic E-state index is 12.2. The molecule has 0 radical (unpaired) electrons. The number of methoxy groups -OCH3 is 1. The van der Waals surface area contributed by atoms with Crippen molar-refractivity contribution in [3.63, 3.8) is 0 Å². The molecule has 1 atom stereocenters. The minimum Gasteiger partial charge on any atom is -0.497 e. The molecule has 2 aromatic rings. The smallest absolute Gasteiger partial charge is 0.202 e. The van der Waals surface area contributed by atoms with Crippen molar-refractivity contribution in [2.24, 2.45) is 0 Å². The number of Topliss-reactive ketones (excluding diaryl/α,β-unsaturated/α-hetero) is 1. The lowest BCUT2D eigenvalue weighted by Gasteiger charge is -2.14. The molecular formula is C16H15IO3. The van der Waals surface area contributed by atoms with E-state index in [4.69, 9.17) is 9.47 Å². The van der Waals surface area contributed by atoms with Crippen LogP contribution in [0.5, 0.6) is 11.5 Å². The average Bonchev–Trinajstić information content (AvgIpc) is 2.49. The largest absolute Gasteiger partial charge is 0.497 e. The van der Waals surface area contributed by atoms with Crippen LogP contribution in [-0.4, -0.2) is 19.0 Å². The Hall–Kier alpha value is -1.56. The van der Waals surface area contributed by atoms with Crippen LogP contribution < -0.4 is 9.47 Å². The normalized spacial score (nSPS) is 11.8. The first kappa shape index (κ1) is 14.8. The minimum atomic E-state index is -0.525. The number of halogens is 1. The van der Waals surface area contributed by atoms with Gasteiger partial charge in [0.15, 0.2) is 6.10 Å². The third-order valence-electron chi connectivity index (χ3n) is 2.87. The molecule has 3 nitrogen and oxygen atoms in total. The Kier molecular flexibility index (Phi) is 5.00. The molecule has 0 aliphatic carbocycles. The van der Waals surface area contributed by atoms with Gasteiger partial charge in [0, 0.05) is 9.13 Å². The third kappa shape index (κ3) is 3.72. The molecule has 0 aliphatic rings. The number of carbonyl (C=O) groups is 1. The van der Waals surface area contributed by atoms with Crippen molar-refractivity contribution >= 4 is 28.4 Å². The van der Waals surface area contributed by atoms with Crippen molar-refractivity contribution in [1.82, 2.24) is 0 Å². The number of benzene rings is 2. The van der Waals surface area contributed by atoms with Crippen LogP contribution in [0.2, 0.25) is 0 Å². The molecule has 4 heteroatoms. The summed E-state index contributed by atoms with van der Waals surface area (Å²) in [4.78, 5) is 12.2. The van der Waals surface area contributed by atoms with Crippen LogP contribution in [0, 0.1) is 3.57 Å². The van der Waals surface area contributed by atoms with E-state index in [1.54, 1.807) is 38.3 Å². The van der Waals surface area contributed by atoms with Crippen molar-refractivity contribution < 1.29 is 14.3 Å². The Morgan fingerprint density at radius 2 is 1.55 bits per heavy atom. The van der Waals surface area contributed by atoms with Gasteiger partial charge in [-0.25, -0.2) is 0 Å². The van der Waals surface area contributed by atoms with E-state index in [2.05, 4.69) is 22.6 Å². The summed E-state index contributed by atoms with van der Waals surface area (Å²) in [5.41, 5.74) is 0.615. The Bertz CT molecular complexity index is 576. The molecule has 20 heavy (non-hydrogen) atoms. The fourth-order valence-corrected chi connectivity index (χ4v) is 2.12. The number of hydrogen-bond donors (Lipinski definition) is 0. The van der Waals surface area contributed by atoms with E-state index in [-0.39, 0.29) is 5.78 Å². The zero-order valence-electron chi connectivity index (χ0n) is 11.3. The number of hydrogen-bond acceptors (Lipinski definition) is 3. The van der Waals surface area contributed by atoms with Crippen LogP contribution in [0.4, 0.5) is 0 Å². The van der Waals surface area contributed by atoms with Crippen LogP contribution >= 0.6 is 22.6 Å². The van der Waals surface area contributed by atoms with E-state index >= 15 is 0 Å². The zero-order valence-corrected chi connectivity index (χ0v) is 13.5. The quantitative estimate of drug-likeness (QED) is 0.580. The summed E-state index contributed by atoms with van der Waals surface area (Å²) >= 11 is 2.23. The van der Waals surface area contributed by atoms with Crippen molar-refractivity contribution in [3.05, 3.63) is 57.7 Å². The van der Waals surface area contributed by atoms with Gasteiger partial charge in [-0.05, 0) is 78.0 Å². The number of ketones is 1. The Morgan fingerprint density at radius 3 is 2.10 bits per heavy atom. The summed E-state index contributed by atoms with van der Waals surface area (Å²) in [5.74, 6) is 1.37. The van der Waals surface area contributed by atoms with Gasteiger partial charge in [0.25, 0.3) is 0 Å². The highest BCUT2D eigenvalue weighted by atomic mass is 127. The lowest BCUT2D eigenvalue weighted by molar-refractivity contribution is 0.0818. The summed E-state index contributed by atoms with van der Waals surface area (Å²) in [6.45, 7) is 1.75. The maximum absolute atomic E-state index is 12.2. The summed E-state index contributed by atoms with van der Waals surface area (Å²) < 4.78 is 11.9. The average molecular weight is 382 g/mol. The minimum absolute atomic E-state index is 0.0498. The van der Waals surface area contributed by atoms with E-state index < -0.39 is 6.10 Å². The highest BCUT2D eigenvalue weighted by Gasteiger charge is 2.16. The maximum Gasteiger partial charge on any atom is 0.202 e. The predicted molar refractivity (Wildman–Crippen MR) is 86.6 cm³/mol. The van der Waals surface area contributed by atoms with Crippen molar-refractivity contribution in [1.29, 1.82) is 0 Å². The molecule has 0 N–H and O–H groups in total. The van der Waals surface area contributed by atoms with Gasteiger partial charge >= 0.3 is 0 Å². The molecule has 1 unspecified atom stereocenters. The summed E-state index contributed by atoms with van der Waals surface area (Å²) in [5, 5.41) is 0. The van der Waals surface area contributed by atoms with E-state index in [0.29, 0.717) is 11.3 Å². The topological polar surface area (TPSA) is 35.5 Å². The summed E-state index contributed by atoms with van der Waals surface area (Å²) in [6, 6.07) is 14.6. The molecule has 2 aromatic carbocycles. The van der Waals surface area contributed by atoms with Gasteiger partial charge in [-0.2, -0.15) is 0 Å².